The van der Waals surface area contributed by atoms with Gasteiger partial charge in [0.25, 0.3) is 0 Å². The average Bonchev–Trinajstić information content (AvgIpc) is 2.31. The number of carbonyl (C=O) groups excluding carboxylic acids is 1. The Morgan fingerprint density at radius 2 is 2.31 bits per heavy atom. The van der Waals surface area contributed by atoms with Crippen LogP contribution >= 0.6 is 0 Å². The van der Waals surface area contributed by atoms with Crippen LogP contribution in [0, 0.1) is 0 Å². The zero-order chi connectivity index (χ0) is 9.26. The standard InChI is InChI=1S/C10H18N2O/c1-12(9-3-2-4-9)7-8-5-10(13)6-11-8/h8-9,11H,2-7H2,1H3. The first-order chi connectivity index (χ1) is 6.25. The van der Waals surface area contributed by atoms with Crippen molar-refractivity contribution >= 4 is 5.78 Å². The second-order valence-corrected chi connectivity index (χ2v) is 4.34. The van der Waals surface area contributed by atoms with Gasteiger partial charge in [0.15, 0.2) is 0 Å². The minimum absolute atomic E-state index is 0.368. The number of Topliss-reactive ketones (excluding diaryl/α,β-unsaturated/α-hetero) is 1. The van der Waals surface area contributed by atoms with Gasteiger partial charge in [-0.05, 0) is 19.9 Å². The first-order valence-electron chi connectivity index (χ1n) is 5.21. The number of ketones is 1. The number of rotatable bonds is 3. The Hall–Kier alpha value is -0.410. The Morgan fingerprint density at radius 3 is 2.77 bits per heavy atom. The van der Waals surface area contributed by atoms with Crippen molar-refractivity contribution in [3.05, 3.63) is 0 Å². The molecular formula is C10H18N2O. The molecule has 1 unspecified atom stereocenters. The van der Waals surface area contributed by atoms with Gasteiger partial charge in [-0.1, -0.05) is 6.42 Å². The van der Waals surface area contributed by atoms with Crippen LogP contribution < -0.4 is 5.32 Å². The Morgan fingerprint density at radius 1 is 1.54 bits per heavy atom. The van der Waals surface area contributed by atoms with Crippen molar-refractivity contribution in [3.8, 4) is 0 Å². The summed E-state index contributed by atoms with van der Waals surface area (Å²) in [6.07, 6.45) is 4.80. The summed E-state index contributed by atoms with van der Waals surface area (Å²) >= 11 is 0. The van der Waals surface area contributed by atoms with E-state index in [0.717, 1.165) is 19.0 Å². The fraction of sp³-hybridized carbons (Fsp3) is 0.900. The summed E-state index contributed by atoms with van der Waals surface area (Å²) in [5.41, 5.74) is 0. The highest BCUT2D eigenvalue weighted by Gasteiger charge is 2.27. The molecule has 1 atom stereocenters. The highest BCUT2D eigenvalue weighted by atomic mass is 16.1. The van der Waals surface area contributed by atoms with Crippen molar-refractivity contribution in [1.82, 2.24) is 10.2 Å². The van der Waals surface area contributed by atoms with Gasteiger partial charge in [-0.25, -0.2) is 0 Å². The molecule has 74 valence electrons. The first-order valence-corrected chi connectivity index (χ1v) is 5.21. The van der Waals surface area contributed by atoms with Crippen molar-refractivity contribution in [3.63, 3.8) is 0 Å². The Kier molecular flexibility index (Phi) is 2.65. The molecule has 0 spiro atoms. The molecule has 1 aliphatic carbocycles. The van der Waals surface area contributed by atoms with Gasteiger partial charge in [-0.2, -0.15) is 0 Å². The summed E-state index contributed by atoms with van der Waals surface area (Å²) in [5.74, 6) is 0.368. The lowest BCUT2D eigenvalue weighted by Gasteiger charge is -2.36. The van der Waals surface area contributed by atoms with E-state index in [0.29, 0.717) is 18.4 Å². The van der Waals surface area contributed by atoms with E-state index in [4.69, 9.17) is 0 Å². The molecule has 1 saturated carbocycles. The SMILES string of the molecule is CN(CC1CC(=O)CN1)C1CCC1. The molecule has 2 aliphatic rings. The van der Waals surface area contributed by atoms with Crippen LogP contribution in [-0.2, 0) is 4.79 Å². The minimum atomic E-state index is 0.368. The molecule has 0 amide bonds. The summed E-state index contributed by atoms with van der Waals surface area (Å²) in [5, 5.41) is 3.25. The molecule has 0 aromatic heterocycles. The van der Waals surface area contributed by atoms with E-state index < -0.39 is 0 Å². The van der Waals surface area contributed by atoms with E-state index in [2.05, 4.69) is 17.3 Å². The van der Waals surface area contributed by atoms with Crippen LogP contribution in [0.4, 0.5) is 0 Å². The van der Waals surface area contributed by atoms with Gasteiger partial charge in [0.05, 0.1) is 6.54 Å². The maximum absolute atomic E-state index is 11.0. The third kappa shape index (κ3) is 2.09. The molecule has 0 bridgehead atoms. The van der Waals surface area contributed by atoms with Crippen molar-refractivity contribution in [2.24, 2.45) is 0 Å². The Balaban J connectivity index is 1.73. The molecule has 2 fully saturated rings. The predicted octanol–water partition coefficient (Wildman–Crippen LogP) is 0.402. The van der Waals surface area contributed by atoms with Gasteiger partial charge in [0.2, 0.25) is 0 Å². The normalized spacial score (nSPS) is 29.7. The van der Waals surface area contributed by atoms with Crippen molar-refractivity contribution < 1.29 is 4.79 Å². The summed E-state index contributed by atoms with van der Waals surface area (Å²) in [6, 6.07) is 1.20. The van der Waals surface area contributed by atoms with E-state index in [9.17, 15) is 4.79 Å². The number of hydrogen-bond donors (Lipinski definition) is 1. The zero-order valence-electron chi connectivity index (χ0n) is 8.25. The fourth-order valence-electron chi connectivity index (χ4n) is 2.13. The van der Waals surface area contributed by atoms with E-state index >= 15 is 0 Å². The van der Waals surface area contributed by atoms with Gasteiger partial charge in [-0.3, -0.25) is 4.79 Å². The van der Waals surface area contributed by atoms with Crippen LogP contribution in [0.3, 0.4) is 0 Å². The molecule has 1 saturated heterocycles. The molecule has 0 aromatic rings. The Bertz CT molecular complexity index is 201. The van der Waals surface area contributed by atoms with Crippen molar-refractivity contribution in [2.75, 3.05) is 20.1 Å². The number of carbonyl (C=O) groups is 1. The minimum Gasteiger partial charge on any atom is -0.305 e. The molecule has 0 radical (unpaired) electrons. The lowest BCUT2D eigenvalue weighted by Crippen LogP contribution is -2.43. The molecule has 1 heterocycles. The van der Waals surface area contributed by atoms with Crippen LogP contribution in [-0.4, -0.2) is 42.9 Å². The molecule has 3 heteroatoms. The third-order valence-electron chi connectivity index (χ3n) is 3.27. The summed E-state index contributed by atoms with van der Waals surface area (Å²) in [7, 11) is 2.17. The van der Waals surface area contributed by atoms with Crippen LogP contribution in [0.5, 0.6) is 0 Å². The van der Waals surface area contributed by atoms with Crippen LogP contribution in [0.25, 0.3) is 0 Å². The number of nitrogens with one attached hydrogen (secondary N) is 1. The lowest BCUT2D eigenvalue weighted by atomic mass is 9.91. The third-order valence-corrected chi connectivity index (χ3v) is 3.27. The van der Waals surface area contributed by atoms with E-state index in [1.807, 2.05) is 0 Å². The van der Waals surface area contributed by atoms with Crippen LogP contribution in [0.15, 0.2) is 0 Å². The van der Waals surface area contributed by atoms with E-state index in [-0.39, 0.29) is 0 Å². The van der Waals surface area contributed by atoms with Gasteiger partial charge in [0.1, 0.15) is 5.78 Å². The first kappa shape index (κ1) is 9.16. The van der Waals surface area contributed by atoms with Gasteiger partial charge in [0, 0.05) is 25.0 Å². The van der Waals surface area contributed by atoms with Crippen molar-refractivity contribution in [1.29, 1.82) is 0 Å². The topological polar surface area (TPSA) is 32.3 Å². The molecular weight excluding hydrogens is 164 g/mol. The van der Waals surface area contributed by atoms with Crippen LogP contribution in [0.2, 0.25) is 0 Å². The summed E-state index contributed by atoms with van der Waals surface area (Å²) in [4.78, 5) is 13.4. The maximum atomic E-state index is 11.0. The predicted molar refractivity (Wildman–Crippen MR) is 51.7 cm³/mol. The Labute approximate surface area is 79.5 Å². The summed E-state index contributed by atoms with van der Waals surface area (Å²) in [6.45, 7) is 1.62. The second kappa shape index (κ2) is 3.76. The highest BCUT2D eigenvalue weighted by molar-refractivity contribution is 5.83. The van der Waals surface area contributed by atoms with Crippen LogP contribution in [0.1, 0.15) is 25.7 Å². The van der Waals surface area contributed by atoms with E-state index in [1.165, 1.54) is 19.3 Å². The van der Waals surface area contributed by atoms with Gasteiger partial charge < -0.3 is 10.2 Å². The van der Waals surface area contributed by atoms with Crippen molar-refractivity contribution in [2.45, 2.75) is 37.8 Å². The smallest absolute Gasteiger partial charge is 0.148 e. The quantitative estimate of drug-likeness (QED) is 0.686. The number of likely N-dealkylation sites (N-methyl/N-ethyl adjacent to an activating group) is 1. The average molecular weight is 182 g/mol. The summed E-state index contributed by atoms with van der Waals surface area (Å²) < 4.78 is 0. The second-order valence-electron chi connectivity index (χ2n) is 4.34. The number of hydrogen-bond acceptors (Lipinski definition) is 3. The monoisotopic (exact) mass is 182 g/mol. The fourth-order valence-corrected chi connectivity index (χ4v) is 2.13. The molecule has 1 N–H and O–H groups in total. The molecule has 13 heavy (non-hydrogen) atoms. The lowest BCUT2D eigenvalue weighted by molar-refractivity contribution is -0.116. The maximum Gasteiger partial charge on any atom is 0.148 e. The zero-order valence-corrected chi connectivity index (χ0v) is 8.25. The van der Waals surface area contributed by atoms with Gasteiger partial charge >= 0.3 is 0 Å². The molecule has 0 aromatic carbocycles. The van der Waals surface area contributed by atoms with Gasteiger partial charge in [-0.15, -0.1) is 0 Å². The number of nitrogens with zero attached hydrogens (tertiary/aromatic N) is 1. The molecule has 1 aliphatic heterocycles. The van der Waals surface area contributed by atoms with E-state index in [1.54, 1.807) is 0 Å². The molecule has 3 nitrogen and oxygen atoms in total. The molecule has 2 rings (SSSR count). The largest absolute Gasteiger partial charge is 0.305 e. The highest BCUT2D eigenvalue weighted by Crippen LogP contribution is 2.23.